The Kier molecular flexibility index (Phi) is 3.73. The Hall–Kier alpha value is -1.97. The van der Waals surface area contributed by atoms with E-state index in [0.717, 1.165) is 6.04 Å². The van der Waals surface area contributed by atoms with E-state index in [4.69, 9.17) is 4.74 Å². The van der Waals surface area contributed by atoms with Gasteiger partial charge in [0.25, 0.3) is 0 Å². The highest BCUT2D eigenvalue weighted by molar-refractivity contribution is 5.82. The van der Waals surface area contributed by atoms with Crippen molar-refractivity contribution in [1.29, 1.82) is 0 Å². The van der Waals surface area contributed by atoms with Crippen molar-refractivity contribution < 1.29 is 4.74 Å². The van der Waals surface area contributed by atoms with Crippen LogP contribution in [-0.2, 0) is 4.74 Å². The summed E-state index contributed by atoms with van der Waals surface area (Å²) >= 11 is 0. The second-order valence-corrected chi connectivity index (χ2v) is 12.1. The number of ether oxygens (including phenoxy) is 1. The molecule has 2 saturated heterocycles. The molecule has 3 aliphatic heterocycles. The minimum Gasteiger partial charge on any atom is -0.359 e. The normalized spacial score (nSPS) is 43.5. The molecule has 2 spiro atoms. The summed E-state index contributed by atoms with van der Waals surface area (Å²) in [6.07, 6.45) is 19.2. The third-order valence-electron chi connectivity index (χ3n) is 10.7. The molecule has 3 heteroatoms. The Morgan fingerprint density at radius 2 is 2.00 bits per heavy atom. The van der Waals surface area contributed by atoms with E-state index < -0.39 is 0 Å². The molecule has 8 rings (SSSR count). The summed E-state index contributed by atoms with van der Waals surface area (Å²) in [6.45, 7) is 5.19. The standard InChI is InChI=1S/C30H34N2O/c1-28-10-8-24-17-23-4-5-25(32-14-15-32)18-29(23)11-12-30(24,33-29)27(28)7-6-26(28)21-3-2-20-9-13-31-19-22(20)16-21/h2-3,8-9,13,16-17,19,25-27H,4-7,10-12,14-15,18H2,1H3/t25-,26?,27-,28?,29-,30-/m1/s1. The fraction of sp³-hybridized carbons (Fsp3) is 0.567. The number of fused-ring (bicyclic) bond motifs is 2. The molecular formula is C30H34N2O. The highest BCUT2D eigenvalue weighted by Crippen LogP contribution is 2.69. The first-order valence-electron chi connectivity index (χ1n) is 13.3. The summed E-state index contributed by atoms with van der Waals surface area (Å²) in [6, 6.07) is 9.99. The summed E-state index contributed by atoms with van der Waals surface area (Å²) in [5.41, 5.74) is 4.94. The maximum Gasteiger partial charge on any atom is 0.0974 e. The van der Waals surface area contributed by atoms with Gasteiger partial charge < -0.3 is 4.74 Å². The van der Waals surface area contributed by atoms with Gasteiger partial charge in [0.05, 0.1) is 11.2 Å². The Bertz CT molecular complexity index is 1230. The van der Waals surface area contributed by atoms with E-state index in [1.165, 1.54) is 80.8 Å². The maximum atomic E-state index is 7.45. The molecular weight excluding hydrogens is 404 g/mol. The number of allylic oxidation sites excluding steroid dienone is 1. The van der Waals surface area contributed by atoms with Gasteiger partial charge in [-0.2, -0.15) is 0 Å². The molecule has 1 aromatic carbocycles. The van der Waals surface area contributed by atoms with E-state index in [1.807, 2.05) is 12.4 Å². The Morgan fingerprint density at radius 3 is 2.91 bits per heavy atom. The highest BCUT2D eigenvalue weighted by Gasteiger charge is 2.66. The van der Waals surface area contributed by atoms with Crippen LogP contribution >= 0.6 is 0 Å². The molecule has 6 atom stereocenters. The fourth-order valence-corrected chi connectivity index (χ4v) is 8.98. The van der Waals surface area contributed by atoms with Gasteiger partial charge in [0.1, 0.15) is 0 Å². The molecule has 2 unspecified atom stereocenters. The molecule has 6 aliphatic rings. The summed E-state index contributed by atoms with van der Waals surface area (Å²) in [7, 11) is 0. The molecule has 170 valence electrons. The van der Waals surface area contributed by atoms with E-state index in [-0.39, 0.29) is 16.6 Å². The number of aromatic nitrogens is 1. The van der Waals surface area contributed by atoms with Gasteiger partial charge >= 0.3 is 0 Å². The van der Waals surface area contributed by atoms with E-state index in [2.05, 4.69) is 53.2 Å². The van der Waals surface area contributed by atoms with Gasteiger partial charge in [0.2, 0.25) is 0 Å². The first kappa shape index (κ1) is 19.3. The van der Waals surface area contributed by atoms with Crippen LogP contribution in [0.15, 0.2) is 60.0 Å². The van der Waals surface area contributed by atoms with Gasteiger partial charge in [-0.25, -0.2) is 0 Å². The highest BCUT2D eigenvalue weighted by atomic mass is 16.5. The number of rotatable bonds is 2. The lowest BCUT2D eigenvalue weighted by Gasteiger charge is -2.54. The van der Waals surface area contributed by atoms with Gasteiger partial charge in [0.15, 0.2) is 0 Å². The zero-order valence-electron chi connectivity index (χ0n) is 19.7. The predicted molar refractivity (Wildman–Crippen MR) is 131 cm³/mol. The van der Waals surface area contributed by atoms with Crippen molar-refractivity contribution in [1.82, 2.24) is 9.88 Å². The molecule has 4 fully saturated rings. The second kappa shape index (κ2) is 6.37. The van der Waals surface area contributed by atoms with Crippen LogP contribution in [0.25, 0.3) is 10.8 Å². The molecule has 2 aromatic rings. The number of hydrogen-bond donors (Lipinski definition) is 0. The van der Waals surface area contributed by atoms with Gasteiger partial charge in [-0.05, 0) is 103 Å². The van der Waals surface area contributed by atoms with Gasteiger partial charge in [-0.1, -0.05) is 31.2 Å². The van der Waals surface area contributed by atoms with Gasteiger partial charge in [0, 0.05) is 36.9 Å². The van der Waals surface area contributed by atoms with Crippen molar-refractivity contribution in [3.8, 4) is 0 Å². The number of hydrogen-bond acceptors (Lipinski definition) is 3. The first-order chi connectivity index (χ1) is 16.1. The monoisotopic (exact) mass is 438 g/mol. The van der Waals surface area contributed by atoms with Crippen molar-refractivity contribution in [3.63, 3.8) is 0 Å². The molecule has 33 heavy (non-hydrogen) atoms. The molecule has 1 aromatic heterocycles. The van der Waals surface area contributed by atoms with Crippen LogP contribution < -0.4 is 0 Å². The van der Waals surface area contributed by atoms with Crippen molar-refractivity contribution in [3.05, 3.63) is 65.5 Å². The number of benzene rings is 1. The molecule has 2 saturated carbocycles. The van der Waals surface area contributed by atoms with Crippen LogP contribution in [0.5, 0.6) is 0 Å². The van der Waals surface area contributed by atoms with Crippen LogP contribution in [0.4, 0.5) is 0 Å². The lowest BCUT2D eigenvalue weighted by atomic mass is 9.58. The van der Waals surface area contributed by atoms with E-state index in [0.29, 0.717) is 11.8 Å². The minimum absolute atomic E-state index is 0.0355. The van der Waals surface area contributed by atoms with E-state index >= 15 is 0 Å². The lowest BCUT2D eigenvalue weighted by molar-refractivity contribution is -0.138. The van der Waals surface area contributed by atoms with Crippen LogP contribution in [0.2, 0.25) is 0 Å². The Balaban J connectivity index is 1.18. The minimum atomic E-state index is -0.0373. The number of nitrogens with zero attached hydrogens (tertiary/aromatic N) is 2. The molecule has 0 amide bonds. The van der Waals surface area contributed by atoms with Crippen LogP contribution in [-0.4, -0.2) is 40.2 Å². The summed E-state index contributed by atoms with van der Waals surface area (Å²) in [4.78, 5) is 7.06. The largest absolute Gasteiger partial charge is 0.359 e. The maximum absolute atomic E-state index is 7.45. The second-order valence-electron chi connectivity index (χ2n) is 12.1. The molecule has 0 radical (unpaired) electrons. The lowest BCUT2D eigenvalue weighted by Crippen LogP contribution is -2.54. The first-order valence-corrected chi connectivity index (χ1v) is 13.3. The summed E-state index contributed by atoms with van der Waals surface area (Å²) < 4.78 is 7.45. The number of pyridine rings is 1. The van der Waals surface area contributed by atoms with E-state index in [9.17, 15) is 0 Å². The van der Waals surface area contributed by atoms with Crippen LogP contribution in [0, 0.1) is 11.3 Å². The average Bonchev–Trinajstić information content (AvgIpc) is 3.56. The van der Waals surface area contributed by atoms with Gasteiger partial charge in [-0.15, -0.1) is 0 Å². The molecule has 3 aliphatic carbocycles. The van der Waals surface area contributed by atoms with Crippen molar-refractivity contribution in [2.45, 2.75) is 81.5 Å². The predicted octanol–water partition coefficient (Wildman–Crippen LogP) is 6.16. The van der Waals surface area contributed by atoms with Crippen molar-refractivity contribution in [2.24, 2.45) is 11.3 Å². The van der Waals surface area contributed by atoms with Crippen molar-refractivity contribution >= 4 is 10.8 Å². The van der Waals surface area contributed by atoms with Gasteiger partial charge in [-0.3, -0.25) is 9.88 Å². The smallest absolute Gasteiger partial charge is 0.0974 e. The zero-order chi connectivity index (χ0) is 21.8. The van der Waals surface area contributed by atoms with Crippen molar-refractivity contribution in [2.75, 3.05) is 13.1 Å². The third kappa shape index (κ3) is 2.51. The quantitative estimate of drug-likeness (QED) is 0.525. The molecule has 4 heterocycles. The molecule has 3 nitrogen and oxygen atoms in total. The zero-order valence-corrected chi connectivity index (χ0v) is 19.7. The SMILES string of the molecule is CC12CC=C3C=C4CC[C@@H](N5CC5)C[C@]45CC[C@]3(O5)[C@@H]1CCC2c1ccc2ccncc2c1. The van der Waals surface area contributed by atoms with Crippen LogP contribution in [0.3, 0.4) is 0 Å². The summed E-state index contributed by atoms with van der Waals surface area (Å²) in [5.74, 6) is 1.22. The average molecular weight is 439 g/mol. The topological polar surface area (TPSA) is 25.1 Å². The van der Waals surface area contributed by atoms with Crippen LogP contribution in [0.1, 0.15) is 69.8 Å². The summed E-state index contributed by atoms with van der Waals surface area (Å²) in [5, 5.41) is 2.57. The Labute approximate surface area is 196 Å². The van der Waals surface area contributed by atoms with E-state index in [1.54, 1.807) is 11.1 Å². The molecule has 2 bridgehead atoms. The Morgan fingerprint density at radius 1 is 1.06 bits per heavy atom. The third-order valence-corrected chi connectivity index (χ3v) is 10.7. The fourth-order valence-electron chi connectivity index (χ4n) is 8.98. The molecule has 0 N–H and O–H groups in total.